The fourth-order valence-corrected chi connectivity index (χ4v) is 5.89. The van der Waals surface area contributed by atoms with Crippen molar-refractivity contribution in [2.24, 2.45) is 5.92 Å². The second-order valence-electron chi connectivity index (χ2n) is 12.5. The first kappa shape index (κ1) is 29.4. The largest absolute Gasteiger partial charge is 0.490 e. The van der Waals surface area contributed by atoms with E-state index in [9.17, 15) is 14.9 Å². The van der Waals surface area contributed by atoms with Crippen molar-refractivity contribution in [3.8, 4) is 11.8 Å². The molecule has 0 N–H and O–H groups in total. The van der Waals surface area contributed by atoms with Crippen LogP contribution in [-0.4, -0.2) is 41.7 Å². The summed E-state index contributed by atoms with van der Waals surface area (Å²) in [4.78, 5) is 29.9. The Morgan fingerprint density at radius 3 is 2.26 bits per heavy atom. The minimum Gasteiger partial charge on any atom is -0.490 e. The van der Waals surface area contributed by atoms with Crippen LogP contribution < -0.4 is 9.64 Å². The molecule has 1 saturated heterocycles. The second kappa shape index (κ2) is 12.9. The van der Waals surface area contributed by atoms with Crippen molar-refractivity contribution in [2.45, 2.75) is 84.0 Å². The van der Waals surface area contributed by atoms with Crippen LogP contribution in [0.4, 0.5) is 10.5 Å². The molecule has 7 heteroatoms. The van der Waals surface area contributed by atoms with Crippen LogP contribution in [0.15, 0.2) is 60.7 Å². The maximum Gasteiger partial charge on any atom is 0.410 e. The zero-order chi connectivity index (χ0) is 29.7. The van der Waals surface area contributed by atoms with Gasteiger partial charge in [-0.2, -0.15) is 5.26 Å². The molecule has 42 heavy (non-hydrogen) atoms. The van der Waals surface area contributed by atoms with Gasteiger partial charge >= 0.3 is 6.09 Å². The Bertz CT molecular complexity index is 1440. The van der Waals surface area contributed by atoms with E-state index in [-0.39, 0.29) is 24.0 Å². The van der Waals surface area contributed by atoms with Gasteiger partial charge < -0.3 is 19.3 Å². The van der Waals surface area contributed by atoms with Crippen LogP contribution in [-0.2, 0) is 16.1 Å². The quantitative estimate of drug-likeness (QED) is 0.306. The minimum absolute atomic E-state index is 0.0189. The van der Waals surface area contributed by atoms with Gasteiger partial charge in [0.1, 0.15) is 17.5 Å². The lowest BCUT2D eigenvalue weighted by Gasteiger charge is -2.33. The Labute approximate surface area is 249 Å². The van der Waals surface area contributed by atoms with E-state index in [4.69, 9.17) is 9.47 Å². The van der Waals surface area contributed by atoms with Crippen LogP contribution in [0.25, 0.3) is 10.8 Å². The Balaban J connectivity index is 1.28. The molecule has 2 aliphatic rings. The van der Waals surface area contributed by atoms with E-state index in [0.29, 0.717) is 25.2 Å². The van der Waals surface area contributed by atoms with Crippen molar-refractivity contribution in [1.29, 1.82) is 5.26 Å². The summed E-state index contributed by atoms with van der Waals surface area (Å²) in [5, 5.41) is 11.4. The average Bonchev–Trinajstić information content (AvgIpc) is 2.99. The summed E-state index contributed by atoms with van der Waals surface area (Å²) in [5.41, 5.74) is 2.00. The summed E-state index contributed by atoms with van der Waals surface area (Å²) >= 11 is 0. The Hall–Kier alpha value is -4.05. The maximum absolute atomic E-state index is 13.9. The van der Waals surface area contributed by atoms with E-state index in [1.807, 2.05) is 68.1 Å². The zero-order valence-electron chi connectivity index (χ0n) is 25.0. The molecule has 3 aromatic rings. The molecule has 2 amide bonds. The number of carbonyl (C=O) groups is 2. The molecule has 0 radical (unpaired) electrons. The smallest absolute Gasteiger partial charge is 0.410 e. The normalized spacial score (nSPS) is 16.6. The van der Waals surface area contributed by atoms with Gasteiger partial charge in [-0.05, 0) is 92.4 Å². The highest BCUT2D eigenvalue weighted by Gasteiger charge is 2.29. The molecular formula is C35H41N3O4. The Morgan fingerprint density at radius 2 is 1.60 bits per heavy atom. The number of benzene rings is 3. The van der Waals surface area contributed by atoms with Crippen LogP contribution in [0, 0.1) is 17.2 Å². The van der Waals surface area contributed by atoms with E-state index < -0.39 is 5.60 Å². The van der Waals surface area contributed by atoms with Gasteiger partial charge in [0.25, 0.3) is 0 Å². The number of fused-ring (bicyclic) bond motifs is 1. The summed E-state index contributed by atoms with van der Waals surface area (Å²) in [6.45, 7) is 7.29. The standard InChI is InChI=1S/C35H41N3O4/c1-35(2,3)42-34(40)37-19-17-32(18-20-37)41-31-15-13-30(14-16-31)38(33(39)28-7-5-4-6-8-28)24-26-10-12-27-11-9-25(23-36)21-29(27)22-26/h9-16,21-22,28,32H,4-8,17-20,24H2,1-3H3. The molecule has 0 unspecified atom stereocenters. The first-order valence-electron chi connectivity index (χ1n) is 15.2. The number of nitrogens with zero attached hydrogens (tertiary/aromatic N) is 3. The van der Waals surface area contributed by atoms with Gasteiger partial charge in [-0.15, -0.1) is 0 Å². The molecule has 2 fully saturated rings. The average molecular weight is 568 g/mol. The summed E-state index contributed by atoms with van der Waals surface area (Å²) in [6, 6.07) is 21.9. The predicted molar refractivity (Wildman–Crippen MR) is 164 cm³/mol. The zero-order valence-corrected chi connectivity index (χ0v) is 25.0. The fourth-order valence-electron chi connectivity index (χ4n) is 5.89. The fraction of sp³-hybridized carbons (Fsp3) is 0.457. The number of amides is 2. The number of carbonyl (C=O) groups excluding carboxylic acids is 2. The number of rotatable bonds is 6. The van der Waals surface area contributed by atoms with Crippen molar-refractivity contribution in [2.75, 3.05) is 18.0 Å². The van der Waals surface area contributed by atoms with Gasteiger partial charge in [0.2, 0.25) is 5.91 Å². The lowest BCUT2D eigenvalue weighted by molar-refractivity contribution is -0.123. The monoisotopic (exact) mass is 567 g/mol. The van der Waals surface area contributed by atoms with Crippen molar-refractivity contribution in [3.05, 3.63) is 71.8 Å². The van der Waals surface area contributed by atoms with Crippen LogP contribution in [0.3, 0.4) is 0 Å². The maximum atomic E-state index is 13.9. The van der Waals surface area contributed by atoms with Crippen LogP contribution in [0.2, 0.25) is 0 Å². The summed E-state index contributed by atoms with van der Waals surface area (Å²) in [5.74, 6) is 0.966. The third-order valence-corrected chi connectivity index (χ3v) is 8.14. The van der Waals surface area contributed by atoms with Gasteiger partial charge in [0, 0.05) is 37.5 Å². The number of ether oxygens (including phenoxy) is 2. The van der Waals surface area contributed by atoms with Crippen LogP contribution in [0.5, 0.6) is 5.75 Å². The second-order valence-corrected chi connectivity index (χ2v) is 12.5. The van der Waals surface area contributed by atoms with E-state index in [0.717, 1.165) is 66.3 Å². The first-order chi connectivity index (χ1) is 20.2. The predicted octanol–water partition coefficient (Wildman–Crippen LogP) is 7.60. The summed E-state index contributed by atoms with van der Waals surface area (Å²) in [7, 11) is 0. The van der Waals surface area contributed by atoms with E-state index in [1.54, 1.807) is 4.90 Å². The van der Waals surface area contributed by atoms with Gasteiger partial charge in [-0.1, -0.05) is 37.5 Å². The number of likely N-dealkylation sites (tertiary alicyclic amines) is 1. The molecule has 1 saturated carbocycles. The third-order valence-electron chi connectivity index (χ3n) is 8.14. The van der Waals surface area contributed by atoms with E-state index in [1.165, 1.54) is 6.42 Å². The van der Waals surface area contributed by atoms with Crippen molar-refractivity contribution in [1.82, 2.24) is 4.90 Å². The van der Waals surface area contributed by atoms with Crippen LogP contribution >= 0.6 is 0 Å². The number of piperidine rings is 1. The highest BCUT2D eigenvalue weighted by atomic mass is 16.6. The molecule has 0 atom stereocenters. The highest BCUT2D eigenvalue weighted by Crippen LogP contribution is 2.31. The van der Waals surface area contributed by atoms with Crippen LogP contribution in [0.1, 0.15) is 76.8 Å². The molecule has 1 aliphatic carbocycles. The number of hydrogen-bond donors (Lipinski definition) is 0. The molecule has 7 nitrogen and oxygen atoms in total. The molecule has 0 aromatic heterocycles. The van der Waals surface area contributed by atoms with E-state index >= 15 is 0 Å². The Morgan fingerprint density at radius 1 is 0.905 bits per heavy atom. The Kier molecular flexibility index (Phi) is 9.01. The SMILES string of the molecule is CC(C)(C)OC(=O)N1CCC(Oc2ccc(N(Cc3ccc4ccc(C#N)cc4c3)C(=O)C3CCCCC3)cc2)CC1. The number of hydrogen-bond acceptors (Lipinski definition) is 5. The summed E-state index contributed by atoms with van der Waals surface area (Å²) in [6.07, 6.45) is 6.47. The molecule has 3 aromatic carbocycles. The molecule has 5 rings (SSSR count). The van der Waals surface area contributed by atoms with Gasteiger partial charge in [0.15, 0.2) is 0 Å². The molecule has 1 aliphatic heterocycles. The molecule has 0 spiro atoms. The van der Waals surface area contributed by atoms with Crippen molar-refractivity contribution < 1.29 is 19.1 Å². The van der Waals surface area contributed by atoms with Gasteiger partial charge in [-0.3, -0.25) is 4.79 Å². The highest BCUT2D eigenvalue weighted by molar-refractivity contribution is 5.95. The number of anilines is 1. The van der Waals surface area contributed by atoms with Gasteiger partial charge in [-0.25, -0.2) is 4.79 Å². The van der Waals surface area contributed by atoms with Crippen molar-refractivity contribution >= 4 is 28.5 Å². The van der Waals surface area contributed by atoms with Crippen molar-refractivity contribution in [3.63, 3.8) is 0 Å². The third kappa shape index (κ3) is 7.42. The summed E-state index contributed by atoms with van der Waals surface area (Å²) < 4.78 is 11.8. The number of nitriles is 1. The molecular weight excluding hydrogens is 526 g/mol. The van der Waals surface area contributed by atoms with E-state index in [2.05, 4.69) is 24.3 Å². The van der Waals surface area contributed by atoms with Gasteiger partial charge in [0.05, 0.1) is 18.2 Å². The first-order valence-corrected chi connectivity index (χ1v) is 15.2. The molecule has 0 bridgehead atoms. The topological polar surface area (TPSA) is 82.9 Å². The molecule has 1 heterocycles. The minimum atomic E-state index is -0.506. The molecule has 220 valence electrons. The lowest BCUT2D eigenvalue weighted by atomic mass is 9.88. The lowest BCUT2D eigenvalue weighted by Crippen LogP contribution is -2.44.